The fraction of sp³-hybridized carbons (Fsp3) is 0.538. The maximum atomic E-state index is 5.62. The molecule has 0 bridgehead atoms. The molecule has 1 aromatic carbocycles. The Labute approximate surface area is 111 Å². The van der Waals surface area contributed by atoms with Crippen molar-refractivity contribution in [2.75, 3.05) is 20.3 Å². The lowest BCUT2D eigenvalue weighted by molar-refractivity contribution is -0.0164. The maximum Gasteiger partial charge on any atom is 0.137 e. The van der Waals surface area contributed by atoms with Gasteiger partial charge in [-0.3, -0.25) is 0 Å². The number of hydrogen-bond donors (Lipinski definition) is 0. The lowest BCUT2D eigenvalue weighted by Gasteiger charge is -2.19. The van der Waals surface area contributed by atoms with Crippen LogP contribution in [0.5, 0.6) is 11.5 Å². The summed E-state index contributed by atoms with van der Waals surface area (Å²) in [7, 11) is 1.63. The molecule has 17 heavy (non-hydrogen) atoms. The van der Waals surface area contributed by atoms with E-state index in [0.29, 0.717) is 13.2 Å². The molecule has 0 unspecified atom stereocenters. The van der Waals surface area contributed by atoms with Crippen LogP contribution in [-0.4, -0.2) is 25.9 Å². The van der Waals surface area contributed by atoms with E-state index in [1.54, 1.807) is 7.11 Å². The van der Waals surface area contributed by atoms with Crippen LogP contribution >= 0.6 is 15.9 Å². The van der Waals surface area contributed by atoms with Gasteiger partial charge in [0, 0.05) is 0 Å². The zero-order chi connectivity index (χ0) is 12.9. The van der Waals surface area contributed by atoms with Gasteiger partial charge in [0.05, 0.1) is 19.3 Å². The minimum Gasteiger partial charge on any atom is -0.495 e. The fourth-order valence-electron chi connectivity index (χ4n) is 1.26. The molecule has 0 fully saturated rings. The Morgan fingerprint density at radius 3 is 2.35 bits per heavy atom. The van der Waals surface area contributed by atoms with Crippen LogP contribution in [0.4, 0.5) is 0 Å². The summed E-state index contributed by atoms with van der Waals surface area (Å²) in [5, 5.41) is 0. The van der Waals surface area contributed by atoms with Gasteiger partial charge in [-0.15, -0.1) is 0 Å². The Kier molecular flexibility index (Phi) is 5.28. The Bertz CT molecular complexity index is 358. The normalized spacial score (nSPS) is 11.4. The van der Waals surface area contributed by atoms with Crippen molar-refractivity contribution < 1.29 is 14.2 Å². The third-order valence-corrected chi connectivity index (χ3v) is 2.81. The average molecular weight is 303 g/mol. The minimum atomic E-state index is -0.130. The molecule has 0 aromatic heterocycles. The first-order valence-corrected chi connectivity index (χ1v) is 6.32. The molecule has 0 atom stereocenters. The highest BCUT2D eigenvalue weighted by Crippen LogP contribution is 2.33. The highest BCUT2D eigenvalue weighted by Gasteiger charge is 2.10. The van der Waals surface area contributed by atoms with Crippen LogP contribution in [0, 0.1) is 0 Å². The molecule has 96 valence electrons. The van der Waals surface area contributed by atoms with Gasteiger partial charge in [0.25, 0.3) is 0 Å². The Balaban J connectivity index is 2.47. The van der Waals surface area contributed by atoms with E-state index in [1.165, 1.54) is 0 Å². The molecule has 1 rings (SSSR count). The van der Waals surface area contributed by atoms with Crippen molar-refractivity contribution >= 4 is 15.9 Å². The number of halogens is 1. The molecule has 0 N–H and O–H groups in total. The SMILES string of the molecule is COc1cccc(OCCOC(C)(C)C)c1Br. The summed E-state index contributed by atoms with van der Waals surface area (Å²) in [5.41, 5.74) is -0.130. The minimum absolute atomic E-state index is 0.130. The predicted molar refractivity (Wildman–Crippen MR) is 71.9 cm³/mol. The van der Waals surface area contributed by atoms with E-state index < -0.39 is 0 Å². The van der Waals surface area contributed by atoms with Crippen LogP contribution in [0.3, 0.4) is 0 Å². The Hall–Kier alpha value is -0.740. The molecule has 3 nitrogen and oxygen atoms in total. The summed E-state index contributed by atoms with van der Waals surface area (Å²) in [4.78, 5) is 0. The summed E-state index contributed by atoms with van der Waals surface area (Å²) in [6, 6.07) is 5.66. The average Bonchev–Trinajstić information content (AvgIpc) is 2.25. The molecule has 0 saturated heterocycles. The zero-order valence-corrected chi connectivity index (χ0v) is 12.3. The quantitative estimate of drug-likeness (QED) is 0.777. The van der Waals surface area contributed by atoms with Gasteiger partial charge >= 0.3 is 0 Å². The van der Waals surface area contributed by atoms with Gasteiger partial charge in [0.15, 0.2) is 0 Å². The second-order valence-electron chi connectivity index (χ2n) is 4.58. The Morgan fingerprint density at radius 1 is 1.12 bits per heavy atom. The second-order valence-corrected chi connectivity index (χ2v) is 5.37. The number of methoxy groups -OCH3 is 1. The second kappa shape index (κ2) is 6.26. The van der Waals surface area contributed by atoms with E-state index in [1.807, 2.05) is 39.0 Å². The number of rotatable bonds is 5. The van der Waals surface area contributed by atoms with Crippen LogP contribution in [0.2, 0.25) is 0 Å². The molecule has 0 amide bonds. The van der Waals surface area contributed by atoms with Crippen LogP contribution in [-0.2, 0) is 4.74 Å². The van der Waals surface area contributed by atoms with E-state index in [9.17, 15) is 0 Å². The highest BCUT2D eigenvalue weighted by molar-refractivity contribution is 9.10. The molecule has 1 aromatic rings. The molecule has 0 aliphatic carbocycles. The lowest BCUT2D eigenvalue weighted by Crippen LogP contribution is -2.22. The van der Waals surface area contributed by atoms with Crippen molar-refractivity contribution in [2.45, 2.75) is 26.4 Å². The first-order valence-electron chi connectivity index (χ1n) is 5.53. The molecule has 0 heterocycles. The first kappa shape index (κ1) is 14.3. The largest absolute Gasteiger partial charge is 0.495 e. The van der Waals surface area contributed by atoms with E-state index in [0.717, 1.165) is 16.0 Å². The van der Waals surface area contributed by atoms with Gasteiger partial charge < -0.3 is 14.2 Å². The predicted octanol–water partition coefficient (Wildman–Crippen LogP) is 3.65. The summed E-state index contributed by atoms with van der Waals surface area (Å²) < 4.78 is 17.2. The smallest absolute Gasteiger partial charge is 0.137 e. The molecule has 0 aliphatic rings. The van der Waals surface area contributed by atoms with Gasteiger partial charge in [-0.1, -0.05) is 6.07 Å². The molecule has 4 heteroatoms. The summed E-state index contributed by atoms with van der Waals surface area (Å²) in [6.45, 7) is 7.15. The zero-order valence-electron chi connectivity index (χ0n) is 10.7. The van der Waals surface area contributed by atoms with Gasteiger partial charge in [0.2, 0.25) is 0 Å². The standard InChI is InChI=1S/C13H19BrO3/c1-13(2,3)17-9-8-16-11-7-5-6-10(15-4)12(11)14/h5-7H,8-9H2,1-4H3. The first-order chi connectivity index (χ1) is 7.94. The third kappa shape index (κ3) is 4.96. The van der Waals surface area contributed by atoms with Crippen molar-refractivity contribution in [1.82, 2.24) is 0 Å². The topological polar surface area (TPSA) is 27.7 Å². The Morgan fingerprint density at radius 2 is 1.76 bits per heavy atom. The van der Waals surface area contributed by atoms with Crippen molar-refractivity contribution in [3.05, 3.63) is 22.7 Å². The molecule has 0 saturated carbocycles. The maximum absolute atomic E-state index is 5.62. The van der Waals surface area contributed by atoms with Gasteiger partial charge in [-0.25, -0.2) is 0 Å². The van der Waals surface area contributed by atoms with Crippen LogP contribution in [0.25, 0.3) is 0 Å². The van der Waals surface area contributed by atoms with Crippen LogP contribution in [0.15, 0.2) is 22.7 Å². The van der Waals surface area contributed by atoms with E-state index in [4.69, 9.17) is 14.2 Å². The summed E-state index contributed by atoms with van der Waals surface area (Å²) >= 11 is 3.44. The summed E-state index contributed by atoms with van der Waals surface area (Å²) in [5.74, 6) is 1.53. The van der Waals surface area contributed by atoms with Crippen molar-refractivity contribution in [3.8, 4) is 11.5 Å². The highest BCUT2D eigenvalue weighted by atomic mass is 79.9. The lowest BCUT2D eigenvalue weighted by atomic mass is 10.2. The molecule has 0 aliphatic heterocycles. The van der Waals surface area contributed by atoms with E-state index in [2.05, 4.69) is 15.9 Å². The molecule has 0 radical (unpaired) electrons. The molecular formula is C13H19BrO3. The van der Waals surface area contributed by atoms with Crippen LogP contribution in [0.1, 0.15) is 20.8 Å². The number of hydrogen-bond acceptors (Lipinski definition) is 3. The van der Waals surface area contributed by atoms with Crippen molar-refractivity contribution in [2.24, 2.45) is 0 Å². The van der Waals surface area contributed by atoms with Gasteiger partial charge in [-0.2, -0.15) is 0 Å². The van der Waals surface area contributed by atoms with E-state index >= 15 is 0 Å². The number of ether oxygens (including phenoxy) is 3. The van der Waals surface area contributed by atoms with Crippen LogP contribution < -0.4 is 9.47 Å². The van der Waals surface area contributed by atoms with Crippen molar-refractivity contribution in [1.29, 1.82) is 0 Å². The van der Waals surface area contributed by atoms with E-state index in [-0.39, 0.29) is 5.60 Å². The van der Waals surface area contributed by atoms with Gasteiger partial charge in [-0.05, 0) is 48.8 Å². The van der Waals surface area contributed by atoms with Crippen molar-refractivity contribution in [3.63, 3.8) is 0 Å². The number of benzene rings is 1. The summed E-state index contributed by atoms with van der Waals surface area (Å²) in [6.07, 6.45) is 0. The molecular weight excluding hydrogens is 284 g/mol. The third-order valence-electron chi connectivity index (χ3n) is 2.02. The van der Waals surface area contributed by atoms with Gasteiger partial charge in [0.1, 0.15) is 22.6 Å². The fourth-order valence-corrected chi connectivity index (χ4v) is 1.80. The molecule has 0 spiro atoms. The monoisotopic (exact) mass is 302 g/mol.